The molecule has 3 nitrogen and oxygen atoms in total. The van der Waals surface area contributed by atoms with Crippen molar-refractivity contribution in [3.63, 3.8) is 0 Å². The van der Waals surface area contributed by atoms with E-state index >= 15 is 0 Å². The molecule has 0 aliphatic carbocycles. The van der Waals surface area contributed by atoms with Gasteiger partial charge in [-0.1, -0.05) is 13.8 Å². The first-order chi connectivity index (χ1) is 9.65. The smallest absolute Gasteiger partial charge is 0.123 e. The Hall–Kier alpha value is -2.36. The van der Waals surface area contributed by atoms with Crippen LogP contribution < -0.4 is 0 Å². The highest BCUT2D eigenvalue weighted by molar-refractivity contribution is 5.80. The first-order valence-corrected chi connectivity index (χ1v) is 6.53. The van der Waals surface area contributed by atoms with Crippen LogP contribution in [0, 0.1) is 5.82 Å². The van der Waals surface area contributed by atoms with E-state index in [0.29, 0.717) is 0 Å². The van der Waals surface area contributed by atoms with Crippen LogP contribution in [0.4, 0.5) is 4.39 Å². The molecule has 2 heterocycles. The Morgan fingerprint density at radius 1 is 0.950 bits per heavy atom. The summed E-state index contributed by atoms with van der Waals surface area (Å²) >= 11 is 0. The first kappa shape index (κ1) is 12.7. The third-order valence-corrected chi connectivity index (χ3v) is 3.20. The average molecular weight is 267 g/mol. The van der Waals surface area contributed by atoms with Crippen LogP contribution >= 0.6 is 0 Å². The quantitative estimate of drug-likeness (QED) is 0.705. The second-order valence-corrected chi connectivity index (χ2v) is 4.98. The molecular formula is C16H14FN3. The van der Waals surface area contributed by atoms with E-state index in [9.17, 15) is 4.39 Å². The largest absolute Gasteiger partial charge is 0.244 e. The highest BCUT2D eigenvalue weighted by atomic mass is 19.1. The summed E-state index contributed by atoms with van der Waals surface area (Å²) < 4.78 is 13.0. The number of fused-ring (bicyclic) bond motifs is 1. The van der Waals surface area contributed by atoms with Crippen molar-refractivity contribution in [2.75, 3.05) is 0 Å². The Balaban J connectivity index is 2.19. The third-order valence-electron chi connectivity index (χ3n) is 3.20. The Morgan fingerprint density at radius 2 is 1.70 bits per heavy atom. The molecule has 0 spiro atoms. The number of hydrogen-bond donors (Lipinski definition) is 0. The minimum atomic E-state index is -0.249. The fraction of sp³-hybridized carbons (Fsp3) is 0.188. The molecule has 0 aliphatic heterocycles. The normalized spacial score (nSPS) is 11.2. The van der Waals surface area contributed by atoms with E-state index in [4.69, 9.17) is 0 Å². The molecule has 4 heteroatoms. The summed E-state index contributed by atoms with van der Waals surface area (Å²) in [6.07, 6.45) is 1.57. The zero-order valence-corrected chi connectivity index (χ0v) is 11.3. The molecule has 0 bridgehead atoms. The van der Waals surface area contributed by atoms with E-state index in [1.165, 1.54) is 12.1 Å². The third kappa shape index (κ3) is 2.25. The van der Waals surface area contributed by atoms with Gasteiger partial charge in [0.15, 0.2) is 0 Å². The van der Waals surface area contributed by atoms with E-state index in [1.54, 1.807) is 18.5 Å². The van der Waals surface area contributed by atoms with Gasteiger partial charge < -0.3 is 0 Å². The van der Waals surface area contributed by atoms with Crippen LogP contribution in [0.3, 0.4) is 0 Å². The minimum Gasteiger partial charge on any atom is -0.244 e. The number of aromatic nitrogens is 3. The molecule has 0 unspecified atom stereocenters. The van der Waals surface area contributed by atoms with Gasteiger partial charge in [-0.25, -0.2) is 19.3 Å². The zero-order valence-electron chi connectivity index (χ0n) is 11.3. The van der Waals surface area contributed by atoms with Gasteiger partial charge in [0.05, 0.1) is 16.9 Å². The number of pyridine rings is 1. The Kier molecular flexibility index (Phi) is 3.14. The van der Waals surface area contributed by atoms with Crippen molar-refractivity contribution in [2.24, 2.45) is 0 Å². The number of nitrogens with zero attached hydrogens (tertiary/aromatic N) is 3. The van der Waals surface area contributed by atoms with E-state index < -0.39 is 0 Å². The number of hydrogen-bond acceptors (Lipinski definition) is 3. The van der Waals surface area contributed by atoms with Gasteiger partial charge in [0.2, 0.25) is 0 Å². The molecule has 3 rings (SSSR count). The van der Waals surface area contributed by atoms with Crippen molar-refractivity contribution >= 4 is 11.0 Å². The van der Waals surface area contributed by atoms with Gasteiger partial charge in [0.1, 0.15) is 17.7 Å². The molecule has 0 radical (unpaired) electrons. The highest BCUT2D eigenvalue weighted by Gasteiger charge is 2.10. The monoisotopic (exact) mass is 267 g/mol. The van der Waals surface area contributed by atoms with Crippen molar-refractivity contribution in [3.05, 3.63) is 54.2 Å². The van der Waals surface area contributed by atoms with Crippen molar-refractivity contribution in [2.45, 2.75) is 19.8 Å². The molecule has 0 amide bonds. The summed E-state index contributed by atoms with van der Waals surface area (Å²) in [6.45, 7) is 4.15. The predicted molar refractivity (Wildman–Crippen MR) is 76.8 cm³/mol. The lowest BCUT2D eigenvalue weighted by Gasteiger charge is -2.08. The van der Waals surface area contributed by atoms with Crippen molar-refractivity contribution in [3.8, 4) is 11.3 Å². The molecular weight excluding hydrogens is 253 g/mol. The fourth-order valence-corrected chi connectivity index (χ4v) is 2.16. The van der Waals surface area contributed by atoms with Crippen LogP contribution in [-0.2, 0) is 0 Å². The summed E-state index contributed by atoms with van der Waals surface area (Å²) in [5.74, 6) is 0.0252. The maximum absolute atomic E-state index is 13.0. The maximum Gasteiger partial charge on any atom is 0.123 e. The number of rotatable bonds is 2. The molecule has 0 atom stereocenters. The van der Waals surface area contributed by atoms with Crippen LogP contribution in [-0.4, -0.2) is 15.0 Å². The van der Waals surface area contributed by atoms with Gasteiger partial charge in [0.25, 0.3) is 0 Å². The van der Waals surface area contributed by atoms with Crippen LogP contribution in [0.25, 0.3) is 22.3 Å². The molecule has 100 valence electrons. The molecule has 0 saturated carbocycles. The van der Waals surface area contributed by atoms with Crippen molar-refractivity contribution in [1.82, 2.24) is 15.0 Å². The fourth-order valence-electron chi connectivity index (χ4n) is 2.16. The molecule has 0 aliphatic rings. The van der Waals surface area contributed by atoms with Crippen LogP contribution in [0.5, 0.6) is 0 Å². The SMILES string of the molecule is CC(C)c1ncnc2ccc(-c3ccc(F)cc3)nc12. The Bertz CT molecular complexity index is 751. The van der Waals surface area contributed by atoms with Gasteiger partial charge in [-0.3, -0.25) is 0 Å². The maximum atomic E-state index is 13.0. The van der Waals surface area contributed by atoms with Crippen LogP contribution in [0.2, 0.25) is 0 Å². The molecule has 2 aromatic heterocycles. The summed E-state index contributed by atoms with van der Waals surface area (Å²) in [5.41, 5.74) is 4.25. The number of benzene rings is 1. The minimum absolute atomic E-state index is 0.249. The average Bonchev–Trinajstić information content (AvgIpc) is 2.46. The lowest BCUT2D eigenvalue weighted by molar-refractivity contribution is 0.628. The van der Waals surface area contributed by atoms with E-state index in [0.717, 1.165) is 28.0 Å². The second kappa shape index (κ2) is 4.96. The summed E-state index contributed by atoms with van der Waals surface area (Å²) in [6, 6.07) is 10.1. The standard InChI is InChI=1S/C16H14FN3/c1-10(2)15-16-14(18-9-19-15)8-7-13(20-16)11-3-5-12(17)6-4-11/h3-10H,1-2H3. The highest BCUT2D eigenvalue weighted by Crippen LogP contribution is 2.24. The summed E-state index contributed by atoms with van der Waals surface area (Å²) in [5, 5.41) is 0. The lowest BCUT2D eigenvalue weighted by Crippen LogP contribution is -1.98. The van der Waals surface area contributed by atoms with Gasteiger partial charge in [0, 0.05) is 5.56 Å². The summed E-state index contributed by atoms with van der Waals surface area (Å²) in [7, 11) is 0. The Morgan fingerprint density at radius 3 is 2.40 bits per heavy atom. The van der Waals surface area contributed by atoms with Crippen molar-refractivity contribution < 1.29 is 4.39 Å². The van der Waals surface area contributed by atoms with Gasteiger partial charge in [-0.15, -0.1) is 0 Å². The van der Waals surface area contributed by atoms with E-state index in [-0.39, 0.29) is 11.7 Å². The molecule has 0 N–H and O–H groups in total. The molecule has 3 aromatic rings. The van der Waals surface area contributed by atoms with Gasteiger partial charge in [-0.2, -0.15) is 0 Å². The van der Waals surface area contributed by atoms with E-state index in [2.05, 4.69) is 28.8 Å². The van der Waals surface area contributed by atoms with Gasteiger partial charge in [-0.05, 0) is 42.3 Å². The first-order valence-electron chi connectivity index (χ1n) is 6.53. The van der Waals surface area contributed by atoms with Crippen LogP contribution in [0.1, 0.15) is 25.5 Å². The van der Waals surface area contributed by atoms with E-state index in [1.807, 2.05) is 12.1 Å². The second-order valence-electron chi connectivity index (χ2n) is 4.98. The van der Waals surface area contributed by atoms with Crippen LogP contribution in [0.15, 0.2) is 42.7 Å². The predicted octanol–water partition coefficient (Wildman–Crippen LogP) is 3.95. The Labute approximate surface area is 116 Å². The molecule has 0 fully saturated rings. The summed E-state index contributed by atoms with van der Waals surface area (Å²) in [4.78, 5) is 13.2. The lowest BCUT2D eigenvalue weighted by atomic mass is 10.1. The van der Waals surface area contributed by atoms with Gasteiger partial charge >= 0.3 is 0 Å². The number of halogens is 1. The topological polar surface area (TPSA) is 38.7 Å². The molecule has 20 heavy (non-hydrogen) atoms. The zero-order chi connectivity index (χ0) is 14.1. The van der Waals surface area contributed by atoms with Crippen molar-refractivity contribution in [1.29, 1.82) is 0 Å². The molecule has 0 saturated heterocycles. The molecule has 1 aromatic carbocycles.